The van der Waals surface area contributed by atoms with Crippen LogP contribution in [-0.2, 0) is 13.0 Å². The topological polar surface area (TPSA) is 46.9 Å². The van der Waals surface area contributed by atoms with E-state index in [9.17, 15) is 4.79 Å². The van der Waals surface area contributed by atoms with Crippen LogP contribution in [0.25, 0.3) is 0 Å². The zero-order valence-electron chi connectivity index (χ0n) is 10.1. The molecule has 1 saturated carbocycles. The van der Waals surface area contributed by atoms with Crippen LogP contribution in [0.15, 0.2) is 0 Å². The van der Waals surface area contributed by atoms with Gasteiger partial charge in [-0.3, -0.25) is 9.48 Å². The molecule has 1 aliphatic carbocycles. The summed E-state index contributed by atoms with van der Waals surface area (Å²) in [6.07, 6.45) is 8.23. The van der Waals surface area contributed by atoms with Gasteiger partial charge in [-0.25, -0.2) is 0 Å². The van der Waals surface area contributed by atoms with E-state index in [0.717, 1.165) is 25.8 Å². The highest BCUT2D eigenvalue weighted by Crippen LogP contribution is 2.31. The van der Waals surface area contributed by atoms with Gasteiger partial charge in [0.1, 0.15) is 5.69 Å². The number of fused-ring (bicyclic) bond motifs is 1. The third-order valence-corrected chi connectivity index (χ3v) is 4.03. The molecule has 4 nitrogen and oxygen atoms in total. The van der Waals surface area contributed by atoms with Crippen LogP contribution < -0.4 is 5.32 Å². The van der Waals surface area contributed by atoms with Crippen LogP contribution in [0.2, 0.25) is 0 Å². The highest BCUT2D eigenvalue weighted by Gasteiger charge is 2.25. The maximum atomic E-state index is 11.1. The maximum absolute atomic E-state index is 11.1. The van der Waals surface area contributed by atoms with Crippen molar-refractivity contribution in [2.45, 2.75) is 51.1 Å². The molecule has 0 aromatic carbocycles. The van der Waals surface area contributed by atoms with E-state index in [1.165, 1.54) is 43.4 Å². The molecule has 92 valence electrons. The molecule has 2 heterocycles. The molecule has 1 aromatic rings. The summed E-state index contributed by atoms with van der Waals surface area (Å²) in [6, 6.07) is 0.520. The second kappa shape index (κ2) is 4.61. The van der Waals surface area contributed by atoms with Crippen molar-refractivity contribution in [2.24, 2.45) is 0 Å². The fourth-order valence-electron chi connectivity index (χ4n) is 3.13. The molecular formula is C13H19N3O. The number of hydrogen-bond donors (Lipinski definition) is 1. The zero-order valence-corrected chi connectivity index (χ0v) is 10.1. The van der Waals surface area contributed by atoms with Gasteiger partial charge in [-0.2, -0.15) is 5.10 Å². The zero-order chi connectivity index (χ0) is 11.7. The number of carbonyl (C=O) groups is 1. The SMILES string of the molecule is O=Cc1nn(C2CCCCC2)c2c1CCNC2. The van der Waals surface area contributed by atoms with Gasteiger partial charge in [-0.15, -0.1) is 0 Å². The van der Waals surface area contributed by atoms with Crippen molar-refractivity contribution in [3.05, 3.63) is 17.0 Å². The number of aromatic nitrogens is 2. The predicted molar refractivity (Wildman–Crippen MR) is 65.1 cm³/mol. The Morgan fingerprint density at radius 1 is 1.29 bits per heavy atom. The van der Waals surface area contributed by atoms with E-state index >= 15 is 0 Å². The molecule has 2 aliphatic rings. The summed E-state index contributed by atoms with van der Waals surface area (Å²) in [5.74, 6) is 0. The van der Waals surface area contributed by atoms with E-state index in [1.807, 2.05) is 0 Å². The fraction of sp³-hybridized carbons (Fsp3) is 0.692. The first-order valence-electron chi connectivity index (χ1n) is 6.66. The molecule has 0 amide bonds. The van der Waals surface area contributed by atoms with E-state index in [1.54, 1.807) is 0 Å². The molecule has 17 heavy (non-hydrogen) atoms. The highest BCUT2D eigenvalue weighted by molar-refractivity contribution is 5.75. The standard InChI is InChI=1S/C13H19N3O/c17-9-12-11-6-7-14-8-13(11)16(15-12)10-4-2-1-3-5-10/h9-10,14H,1-8H2. The molecule has 0 radical (unpaired) electrons. The van der Waals surface area contributed by atoms with Gasteiger partial charge < -0.3 is 5.32 Å². The van der Waals surface area contributed by atoms with Crippen molar-refractivity contribution < 1.29 is 4.79 Å². The van der Waals surface area contributed by atoms with E-state index in [4.69, 9.17) is 0 Å². The van der Waals surface area contributed by atoms with E-state index < -0.39 is 0 Å². The molecule has 0 unspecified atom stereocenters. The fourth-order valence-corrected chi connectivity index (χ4v) is 3.13. The van der Waals surface area contributed by atoms with Gasteiger partial charge in [0.05, 0.1) is 11.7 Å². The van der Waals surface area contributed by atoms with E-state index in [2.05, 4.69) is 15.1 Å². The Labute approximate surface area is 101 Å². The molecular weight excluding hydrogens is 214 g/mol. The summed E-state index contributed by atoms with van der Waals surface area (Å²) in [5, 5.41) is 7.92. The number of rotatable bonds is 2. The van der Waals surface area contributed by atoms with E-state index in [-0.39, 0.29) is 0 Å². The van der Waals surface area contributed by atoms with Crippen molar-refractivity contribution in [3.63, 3.8) is 0 Å². The second-order valence-electron chi connectivity index (χ2n) is 5.09. The van der Waals surface area contributed by atoms with Crippen LogP contribution in [0.4, 0.5) is 0 Å². The first-order chi connectivity index (χ1) is 8.40. The van der Waals surface area contributed by atoms with Gasteiger partial charge in [0.2, 0.25) is 0 Å². The van der Waals surface area contributed by atoms with Crippen molar-refractivity contribution >= 4 is 6.29 Å². The van der Waals surface area contributed by atoms with Crippen molar-refractivity contribution in [2.75, 3.05) is 6.54 Å². The average molecular weight is 233 g/mol. The Bertz CT molecular complexity index is 419. The number of nitrogens with one attached hydrogen (secondary N) is 1. The van der Waals surface area contributed by atoms with Crippen LogP contribution >= 0.6 is 0 Å². The molecule has 3 rings (SSSR count). The third kappa shape index (κ3) is 1.90. The predicted octanol–water partition coefficient (Wildman–Crippen LogP) is 1.85. The molecule has 4 heteroatoms. The number of hydrogen-bond acceptors (Lipinski definition) is 3. The minimum absolute atomic E-state index is 0.520. The number of aldehydes is 1. The normalized spacial score (nSPS) is 21.2. The summed E-state index contributed by atoms with van der Waals surface area (Å²) in [4.78, 5) is 11.1. The minimum atomic E-state index is 0.520. The van der Waals surface area contributed by atoms with Crippen molar-refractivity contribution in [1.82, 2.24) is 15.1 Å². The van der Waals surface area contributed by atoms with Crippen molar-refractivity contribution in [1.29, 1.82) is 0 Å². The summed E-state index contributed by atoms with van der Waals surface area (Å²) < 4.78 is 2.14. The molecule has 0 saturated heterocycles. The smallest absolute Gasteiger partial charge is 0.170 e. The monoisotopic (exact) mass is 233 g/mol. The van der Waals surface area contributed by atoms with Crippen LogP contribution in [0.5, 0.6) is 0 Å². The Morgan fingerprint density at radius 3 is 2.88 bits per heavy atom. The van der Waals surface area contributed by atoms with Gasteiger partial charge >= 0.3 is 0 Å². The molecule has 1 aliphatic heterocycles. The lowest BCUT2D eigenvalue weighted by Gasteiger charge is -2.25. The van der Waals surface area contributed by atoms with Crippen LogP contribution in [0.1, 0.15) is 59.9 Å². The first-order valence-corrected chi connectivity index (χ1v) is 6.66. The second-order valence-corrected chi connectivity index (χ2v) is 5.09. The molecule has 1 aromatic heterocycles. The Kier molecular flexibility index (Phi) is 2.97. The van der Waals surface area contributed by atoms with Crippen molar-refractivity contribution in [3.8, 4) is 0 Å². The molecule has 0 spiro atoms. The Balaban J connectivity index is 1.97. The first kappa shape index (κ1) is 11.0. The lowest BCUT2D eigenvalue weighted by molar-refractivity contribution is 0.111. The molecule has 0 atom stereocenters. The Hall–Kier alpha value is -1.16. The summed E-state index contributed by atoms with van der Waals surface area (Å²) in [5.41, 5.74) is 3.11. The maximum Gasteiger partial charge on any atom is 0.170 e. The molecule has 1 N–H and O–H groups in total. The summed E-state index contributed by atoms with van der Waals surface area (Å²) in [7, 11) is 0. The third-order valence-electron chi connectivity index (χ3n) is 4.03. The average Bonchev–Trinajstić information content (AvgIpc) is 2.78. The summed E-state index contributed by atoms with van der Waals surface area (Å²) in [6.45, 7) is 1.83. The van der Waals surface area contributed by atoms with Gasteiger partial charge in [-0.05, 0) is 25.8 Å². The summed E-state index contributed by atoms with van der Waals surface area (Å²) >= 11 is 0. The van der Waals surface area contributed by atoms with Crippen LogP contribution in [0, 0.1) is 0 Å². The van der Waals surface area contributed by atoms with Gasteiger partial charge in [0.15, 0.2) is 6.29 Å². The molecule has 0 bridgehead atoms. The number of carbonyl (C=O) groups excluding carboxylic acids is 1. The van der Waals surface area contributed by atoms with Gasteiger partial charge in [0, 0.05) is 12.1 Å². The number of nitrogens with zero attached hydrogens (tertiary/aromatic N) is 2. The lowest BCUT2D eigenvalue weighted by atomic mass is 9.95. The van der Waals surface area contributed by atoms with Crippen LogP contribution in [-0.4, -0.2) is 22.6 Å². The van der Waals surface area contributed by atoms with Gasteiger partial charge in [0.25, 0.3) is 0 Å². The molecule has 1 fully saturated rings. The Morgan fingerprint density at radius 2 is 2.12 bits per heavy atom. The highest BCUT2D eigenvalue weighted by atomic mass is 16.1. The van der Waals surface area contributed by atoms with Gasteiger partial charge in [-0.1, -0.05) is 19.3 Å². The lowest BCUT2D eigenvalue weighted by Crippen LogP contribution is -2.27. The minimum Gasteiger partial charge on any atom is -0.311 e. The quantitative estimate of drug-likeness (QED) is 0.793. The van der Waals surface area contributed by atoms with Crippen LogP contribution in [0.3, 0.4) is 0 Å². The van der Waals surface area contributed by atoms with E-state index in [0.29, 0.717) is 11.7 Å². The largest absolute Gasteiger partial charge is 0.311 e.